The Bertz CT molecular complexity index is 899. The van der Waals surface area contributed by atoms with E-state index in [4.69, 9.17) is 9.15 Å². The molecule has 0 radical (unpaired) electrons. The lowest BCUT2D eigenvalue weighted by Crippen LogP contribution is -1.98. The van der Waals surface area contributed by atoms with Crippen molar-refractivity contribution < 1.29 is 23.0 Å². The topological polar surface area (TPSA) is 42.6 Å². The Balaban J connectivity index is 2.14. The molecule has 0 unspecified atom stereocenters. The van der Waals surface area contributed by atoms with E-state index in [9.17, 15) is 13.9 Å². The van der Waals surface area contributed by atoms with Gasteiger partial charge in [0, 0.05) is 16.3 Å². The zero-order valence-corrected chi connectivity index (χ0v) is 13.3. The van der Waals surface area contributed by atoms with Crippen molar-refractivity contribution in [2.45, 2.75) is 25.9 Å². The van der Waals surface area contributed by atoms with Crippen molar-refractivity contribution in [3.8, 4) is 5.75 Å². The van der Waals surface area contributed by atoms with Gasteiger partial charge < -0.3 is 14.3 Å². The Morgan fingerprint density at radius 3 is 2.50 bits per heavy atom. The minimum absolute atomic E-state index is 0.0526. The highest BCUT2D eigenvalue weighted by atomic mass is 19.1. The van der Waals surface area contributed by atoms with Crippen LogP contribution >= 0.6 is 0 Å². The van der Waals surface area contributed by atoms with E-state index in [1.807, 2.05) is 0 Å². The summed E-state index contributed by atoms with van der Waals surface area (Å²) in [5.41, 5.74) is 0.0344. The normalized spacial score (nSPS) is 12.7. The monoisotopic (exact) mass is 332 g/mol. The van der Waals surface area contributed by atoms with Gasteiger partial charge in [-0.2, -0.15) is 4.39 Å². The number of furan rings is 1. The Morgan fingerprint density at radius 2 is 1.83 bits per heavy atom. The maximum absolute atomic E-state index is 14.6. The quantitative estimate of drug-likeness (QED) is 0.494. The number of aliphatic hydroxyl groups is 1. The maximum atomic E-state index is 14.6. The first-order valence-electron chi connectivity index (χ1n) is 7.83. The van der Waals surface area contributed by atoms with Gasteiger partial charge >= 0.3 is 0 Å². The average molecular weight is 332 g/mol. The highest BCUT2D eigenvalue weighted by Crippen LogP contribution is 2.37. The summed E-state index contributed by atoms with van der Waals surface area (Å²) >= 11 is 0. The predicted octanol–water partition coefficient (Wildman–Crippen LogP) is 5.26. The van der Waals surface area contributed by atoms with Crippen molar-refractivity contribution in [1.82, 2.24) is 0 Å². The molecule has 24 heavy (non-hydrogen) atoms. The number of fused-ring (bicyclic) bond motifs is 3. The van der Waals surface area contributed by atoms with E-state index < -0.39 is 17.7 Å². The van der Waals surface area contributed by atoms with Crippen LogP contribution in [0.25, 0.3) is 21.9 Å². The molecule has 0 fully saturated rings. The predicted molar refractivity (Wildman–Crippen MR) is 89.2 cm³/mol. The third kappa shape index (κ3) is 2.65. The number of rotatable bonds is 6. The van der Waals surface area contributed by atoms with E-state index in [1.54, 1.807) is 25.1 Å². The third-order valence-corrected chi connectivity index (χ3v) is 4.01. The summed E-state index contributed by atoms with van der Waals surface area (Å²) in [6.07, 6.45) is 1.71. The van der Waals surface area contributed by atoms with Gasteiger partial charge in [0.1, 0.15) is 0 Å². The van der Waals surface area contributed by atoms with E-state index in [0.29, 0.717) is 30.2 Å². The fraction of sp³-hybridized carbons (Fsp3) is 0.263. The molecule has 1 N–H and O–H groups in total. The lowest BCUT2D eigenvalue weighted by Gasteiger charge is -2.08. The maximum Gasteiger partial charge on any atom is 0.208 e. The van der Waals surface area contributed by atoms with Crippen LogP contribution in [0.15, 0.2) is 41.3 Å². The number of ether oxygens (including phenoxy) is 1. The smallest absolute Gasteiger partial charge is 0.208 e. The molecule has 0 saturated carbocycles. The summed E-state index contributed by atoms with van der Waals surface area (Å²) in [5, 5.41) is 10.8. The molecule has 0 bridgehead atoms. The van der Waals surface area contributed by atoms with Crippen molar-refractivity contribution >= 4 is 21.9 Å². The van der Waals surface area contributed by atoms with E-state index in [1.165, 1.54) is 12.1 Å². The van der Waals surface area contributed by atoms with Crippen LogP contribution in [0, 0.1) is 11.6 Å². The first-order valence-corrected chi connectivity index (χ1v) is 7.83. The summed E-state index contributed by atoms with van der Waals surface area (Å²) < 4.78 is 40.0. The van der Waals surface area contributed by atoms with Crippen LogP contribution in [0.2, 0.25) is 0 Å². The van der Waals surface area contributed by atoms with Crippen LogP contribution in [0.5, 0.6) is 5.75 Å². The van der Waals surface area contributed by atoms with Gasteiger partial charge in [-0.3, -0.25) is 0 Å². The lowest BCUT2D eigenvalue weighted by atomic mass is 10.0. The summed E-state index contributed by atoms with van der Waals surface area (Å²) in [7, 11) is 0. The molecule has 0 aliphatic carbocycles. The Hall–Kier alpha value is -2.40. The lowest BCUT2D eigenvalue weighted by molar-refractivity contribution is 0.169. The van der Waals surface area contributed by atoms with Crippen molar-refractivity contribution in [2.24, 2.45) is 0 Å². The van der Waals surface area contributed by atoms with Gasteiger partial charge in [0.25, 0.3) is 0 Å². The molecule has 0 spiro atoms. The molecular weight excluding hydrogens is 314 g/mol. The summed E-state index contributed by atoms with van der Waals surface area (Å²) in [6, 6.07) is 6.29. The molecule has 0 amide bonds. The van der Waals surface area contributed by atoms with Gasteiger partial charge in [-0.1, -0.05) is 19.1 Å². The highest BCUT2D eigenvalue weighted by molar-refractivity contribution is 6.05. The van der Waals surface area contributed by atoms with E-state index >= 15 is 0 Å². The van der Waals surface area contributed by atoms with Crippen molar-refractivity contribution in [3.63, 3.8) is 0 Å². The average Bonchev–Trinajstić information content (AvgIpc) is 2.97. The number of aliphatic hydroxyl groups excluding tert-OH is 1. The van der Waals surface area contributed by atoms with Crippen molar-refractivity contribution in [2.75, 3.05) is 6.61 Å². The van der Waals surface area contributed by atoms with E-state index in [2.05, 4.69) is 6.58 Å². The van der Waals surface area contributed by atoms with Gasteiger partial charge in [-0.05, 0) is 31.0 Å². The number of hydrogen-bond donors (Lipinski definition) is 1. The molecule has 126 valence electrons. The molecule has 1 aromatic heterocycles. The zero-order valence-electron chi connectivity index (χ0n) is 13.3. The van der Waals surface area contributed by atoms with E-state index in [-0.39, 0.29) is 22.5 Å². The Morgan fingerprint density at radius 1 is 1.17 bits per heavy atom. The first-order chi connectivity index (χ1) is 11.6. The van der Waals surface area contributed by atoms with Crippen LogP contribution in [0.3, 0.4) is 0 Å². The minimum atomic E-state index is -0.926. The third-order valence-electron chi connectivity index (χ3n) is 4.01. The molecular formula is C19H18F2O3. The molecule has 1 heterocycles. The molecule has 0 saturated heterocycles. The SMILES string of the molecule is C=CCCOc1ccc2c(oc3c(F)c([C@H](O)CC)ccc32)c1F. The van der Waals surface area contributed by atoms with Crippen LogP contribution in [0.1, 0.15) is 31.4 Å². The fourth-order valence-electron chi connectivity index (χ4n) is 2.68. The van der Waals surface area contributed by atoms with Crippen molar-refractivity contribution in [3.05, 3.63) is 54.1 Å². The molecule has 3 aromatic rings. The highest BCUT2D eigenvalue weighted by Gasteiger charge is 2.21. The molecule has 2 aromatic carbocycles. The molecule has 5 heteroatoms. The van der Waals surface area contributed by atoms with Gasteiger partial charge in [0.2, 0.25) is 5.82 Å². The van der Waals surface area contributed by atoms with Gasteiger partial charge in [-0.25, -0.2) is 4.39 Å². The second kappa shape index (κ2) is 6.61. The standard InChI is InChI=1S/C19H18F2O3/c1-3-5-10-23-15-9-8-12-11-6-7-13(14(22)4-2)16(20)18(11)24-19(12)17(15)21/h3,6-9,14,22H,1,4-5,10H2,2H3/t14-/m1/s1. The summed E-state index contributed by atoms with van der Waals surface area (Å²) in [6.45, 7) is 5.63. The van der Waals surface area contributed by atoms with Crippen LogP contribution in [-0.2, 0) is 0 Å². The van der Waals surface area contributed by atoms with Crippen LogP contribution < -0.4 is 4.74 Å². The molecule has 3 rings (SSSR count). The molecule has 0 aliphatic heterocycles. The van der Waals surface area contributed by atoms with E-state index in [0.717, 1.165) is 0 Å². The second-order valence-electron chi connectivity index (χ2n) is 5.55. The summed E-state index contributed by atoms with van der Waals surface area (Å²) in [4.78, 5) is 0. The van der Waals surface area contributed by atoms with Gasteiger partial charge in [0.15, 0.2) is 22.7 Å². The number of benzene rings is 2. The summed E-state index contributed by atoms with van der Waals surface area (Å²) in [5.74, 6) is -1.27. The van der Waals surface area contributed by atoms with Crippen LogP contribution in [0.4, 0.5) is 8.78 Å². The molecule has 1 atom stereocenters. The second-order valence-corrected chi connectivity index (χ2v) is 5.55. The molecule has 3 nitrogen and oxygen atoms in total. The number of hydrogen-bond acceptors (Lipinski definition) is 3. The Labute approximate surface area is 138 Å². The Kier molecular flexibility index (Phi) is 4.53. The zero-order chi connectivity index (χ0) is 17.3. The number of halogens is 2. The van der Waals surface area contributed by atoms with Gasteiger partial charge in [-0.15, -0.1) is 6.58 Å². The van der Waals surface area contributed by atoms with Crippen molar-refractivity contribution in [1.29, 1.82) is 0 Å². The fourth-order valence-corrected chi connectivity index (χ4v) is 2.68. The minimum Gasteiger partial charge on any atom is -0.490 e. The molecule has 0 aliphatic rings. The van der Waals surface area contributed by atoms with Gasteiger partial charge in [0.05, 0.1) is 12.7 Å². The largest absolute Gasteiger partial charge is 0.490 e. The van der Waals surface area contributed by atoms with Crippen LogP contribution in [-0.4, -0.2) is 11.7 Å². The first kappa shape index (κ1) is 16.5.